The molecule has 1 aliphatic heterocycles. The molecule has 1 N–H and O–H groups in total. The van der Waals surface area contributed by atoms with Gasteiger partial charge in [-0.15, -0.1) is 0 Å². The Balaban J connectivity index is 2.45. The largest absolute Gasteiger partial charge is 0.377 e. The quantitative estimate of drug-likeness (QED) is 0.630. The van der Waals surface area contributed by atoms with E-state index in [1.165, 1.54) is 0 Å². The van der Waals surface area contributed by atoms with Crippen LogP contribution in [0.3, 0.4) is 0 Å². The second kappa shape index (κ2) is 5.86. The molecular weight excluding hydrogens is 224 g/mol. The molecule has 1 aromatic rings. The van der Waals surface area contributed by atoms with Gasteiger partial charge in [-0.05, 0) is 5.56 Å². The van der Waals surface area contributed by atoms with E-state index in [9.17, 15) is 0 Å². The highest BCUT2D eigenvalue weighted by Crippen LogP contribution is 2.24. The highest BCUT2D eigenvalue weighted by Gasteiger charge is 2.18. The zero-order valence-electron chi connectivity index (χ0n) is 10.1. The van der Waals surface area contributed by atoms with Crippen LogP contribution < -0.4 is 5.32 Å². The first-order valence-electron chi connectivity index (χ1n) is 5.89. The molecule has 1 saturated heterocycles. The molecule has 1 heterocycles. The number of hydrogen-bond acceptors (Lipinski definition) is 3. The van der Waals surface area contributed by atoms with Crippen LogP contribution in [-0.4, -0.2) is 31.1 Å². The molecule has 0 aliphatic carbocycles. The first-order valence-corrected chi connectivity index (χ1v) is 5.89. The van der Waals surface area contributed by atoms with Gasteiger partial charge in [0.2, 0.25) is 0 Å². The summed E-state index contributed by atoms with van der Waals surface area (Å²) in [5.74, 6) is 0. The lowest BCUT2D eigenvalue weighted by molar-refractivity contribution is 0.340. The highest BCUT2D eigenvalue weighted by molar-refractivity contribution is 5.72. The Morgan fingerprint density at radius 1 is 1.28 bits per heavy atom. The molecule has 0 atom stereocenters. The lowest BCUT2D eigenvalue weighted by Gasteiger charge is -2.32. The number of hydrogen-bond donors (Lipinski definition) is 1. The molecule has 0 amide bonds. The zero-order valence-corrected chi connectivity index (χ0v) is 10.1. The van der Waals surface area contributed by atoms with Crippen LogP contribution in [0.2, 0.25) is 0 Å². The second-order valence-electron chi connectivity index (χ2n) is 4.02. The minimum absolute atomic E-state index is 0.170. The fraction of sp³-hybridized carbons (Fsp3) is 0.286. The van der Waals surface area contributed by atoms with Crippen molar-refractivity contribution in [2.75, 3.05) is 26.2 Å². The average molecular weight is 238 g/mol. The van der Waals surface area contributed by atoms with E-state index in [1.807, 2.05) is 36.4 Å². The Kier molecular flexibility index (Phi) is 3.96. The van der Waals surface area contributed by atoms with Crippen molar-refractivity contribution in [3.8, 4) is 6.07 Å². The number of nitriles is 1. The van der Waals surface area contributed by atoms with E-state index >= 15 is 0 Å². The molecular formula is C14H14N4. The summed E-state index contributed by atoms with van der Waals surface area (Å²) in [7, 11) is 0. The fourth-order valence-corrected chi connectivity index (χ4v) is 2.08. The molecule has 2 rings (SSSR count). The van der Waals surface area contributed by atoms with Gasteiger partial charge in [-0.25, -0.2) is 10.1 Å². The molecule has 0 saturated carbocycles. The van der Waals surface area contributed by atoms with Gasteiger partial charge in [0.1, 0.15) is 0 Å². The summed E-state index contributed by atoms with van der Waals surface area (Å²) in [4.78, 5) is 5.48. The second-order valence-corrected chi connectivity index (χ2v) is 4.02. The maximum Gasteiger partial charge on any atom is 0.285 e. The van der Waals surface area contributed by atoms with Crippen LogP contribution in [0.1, 0.15) is 5.56 Å². The molecule has 0 bridgehead atoms. The Labute approximate surface area is 107 Å². The normalized spacial score (nSPS) is 16.4. The summed E-state index contributed by atoms with van der Waals surface area (Å²) in [5.41, 5.74) is 1.87. The van der Waals surface area contributed by atoms with Crippen molar-refractivity contribution in [1.29, 1.82) is 5.26 Å². The van der Waals surface area contributed by atoms with Gasteiger partial charge in [0, 0.05) is 26.2 Å². The zero-order chi connectivity index (χ0) is 12.8. The Morgan fingerprint density at radius 2 is 1.94 bits per heavy atom. The molecule has 4 heteroatoms. The van der Waals surface area contributed by atoms with Crippen LogP contribution in [0.4, 0.5) is 0 Å². The summed E-state index contributed by atoms with van der Waals surface area (Å²) in [6.07, 6.45) is 0. The van der Waals surface area contributed by atoms with Crippen LogP contribution in [-0.2, 0) is 0 Å². The van der Waals surface area contributed by atoms with E-state index in [4.69, 9.17) is 11.8 Å². The molecule has 0 radical (unpaired) electrons. The summed E-state index contributed by atoms with van der Waals surface area (Å²) < 4.78 is 0. The molecule has 90 valence electrons. The first kappa shape index (κ1) is 12.2. The summed E-state index contributed by atoms with van der Waals surface area (Å²) in [5, 5.41) is 12.4. The third-order valence-corrected chi connectivity index (χ3v) is 2.92. The smallest absolute Gasteiger partial charge is 0.285 e. The maximum absolute atomic E-state index is 9.12. The summed E-state index contributed by atoms with van der Waals surface area (Å²) in [6.45, 7) is 10.6. The molecule has 0 unspecified atom stereocenters. The van der Waals surface area contributed by atoms with Gasteiger partial charge >= 0.3 is 0 Å². The molecule has 0 spiro atoms. The minimum atomic E-state index is 0.170. The van der Waals surface area contributed by atoms with Gasteiger partial charge in [-0.2, -0.15) is 0 Å². The first-order chi connectivity index (χ1) is 8.86. The third kappa shape index (κ3) is 2.51. The summed E-state index contributed by atoms with van der Waals surface area (Å²) >= 11 is 0. The van der Waals surface area contributed by atoms with Gasteiger partial charge in [-0.1, -0.05) is 30.3 Å². The number of allylic oxidation sites excluding steroid dienone is 1. The number of nitrogens with zero attached hydrogens (tertiary/aromatic N) is 3. The van der Waals surface area contributed by atoms with E-state index in [0.717, 1.165) is 37.4 Å². The van der Waals surface area contributed by atoms with Crippen LogP contribution >= 0.6 is 0 Å². The van der Waals surface area contributed by atoms with Gasteiger partial charge in [0.25, 0.3) is 5.70 Å². The van der Waals surface area contributed by atoms with Crippen molar-refractivity contribution < 1.29 is 0 Å². The van der Waals surface area contributed by atoms with E-state index in [0.29, 0.717) is 0 Å². The van der Waals surface area contributed by atoms with Crippen LogP contribution in [0.5, 0.6) is 0 Å². The SMILES string of the molecule is [C-]#[N+]/C(C#N)=C(/c1ccccc1)N1CCNCC1. The Bertz CT molecular complexity index is 497. The van der Waals surface area contributed by atoms with E-state index in [2.05, 4.69) is 15.1 Å². The number of rotatable bonds is 2. The third-order valence-electron chi connectivity index (χ3n) is 2.92. The molecule has 1 aliphatic rings. The van der Waals surface area contributed by atoms with Crippen molar-refractivity contribution >= 4 is 5.70 Å². The topological polar surface area (TPSA) is 43.4 Å². The molecule has 1 fully saturated rings. The van der Waals surface area contributed by atoms with Gasteiger partial charge in [-0.3, -0.25) is 0 Å². The molecule has 18 heavy (non-hydrogen) atoms. The van der Waals surface area contributed by atoms with Crippen molar-refractivity contribution in [3.63, 3.8) is 0 Å². The fourth-order valence-electron chi connectivity index (χ4n) is 2.08. The van der Waals surface area contributed by atoms with Crippen LogP contribution in [0.15, 0.2) is 36.0 Å². The van der Waals surface area contributed by atoms with E-state index in [1.54, 1.807) is 0 Å². The Hall–Kier alpha value is -2.30. The number of nitrogens with one attached hydrogen (secondary N) is 1. The predicted molar refractivity (Wildman–Crippen MR) is 70.0 cm³/mol. The lowest BCUT2D eigenvalue weighted by Crippen LogP contribution is -2.42. The van der Waals surface area contributed by atoms with Gasteiger partial charge in [0.15, 0.2) is 0 Å². The van der Waals surface area contributed by atoms with E-state index < -0.39 is 0 Å². The van der Waals surface area contributed by atoms with Gasteiger partial charge in [0.05, 0.1) is 18.3 Å². The molecule has 4 nitrogen and oxygen atoms in total. The van der Waals surface area contributed by atoms with Crippen molar-refractivity contribution in [3.05, 3.63) is 53.0 Å². The van der Waals surface area contributed by atoms with Crippen molar-refractivity contribution in [2.45, 2.75) is 0 Å². The minimum Gasteiger partial charge on any atom is -0.377 e. The van der Waals surface area contributed by atoms with E-state index in [-0.39, 0.29) is 5.70 Å². The lowest BCUT2D eigenvalue weighted by atomic mass is 10.1. The standard InChI is InChI=1S/C14H14N4/c1-16-13(11-15)14(12-5-3-2-4-6-12)18-9-7-17-8-10-18/h2-6,17H,7-10H2/b14-13-. The predicted octanol–water partition coefficient (Wildman–Crippen LogP) is 1.70. The Morgan fingerprint density at radius 3 is 2.50 bits per heavy atom. The van der Waals surface area contributed by atoms with Crippen LogP contribution in [0, 0.1) is 17.9 Å². The summed E-state index contributed by atoms with van der Waals surface area (Å²) in [6, 6.07) is 11.7. The molecule has 0 aromatic heterocycles. The van der Waals surface area contributed by atoms with Crippen molar-refractivity contribution in [1.82, 2.24) is 10.2 Å². The van der Waals surface area contributed by atoms with Gasteiger partial charge < -0.3 is 10.2 Å². The molecule has 1 aromatic carbocycles. The number of benzene rings is 1. The average Bonchev–Trinajstić information content (AvgIpc) is 2.46. The van der Waals surface area contributed by atoms with Crippen molar-refractivity contribution in [2.24, 2.45) is 0 Å². The maximum atomic E-state index is 9.12. The number of piperazine rings is 1. The monoisotopic (exact) mass is 238 g/mol. The highest BCUT2D eigenvalue weighted by atomic mass is 15.2. The van der Waals surface area contributed by atoms with Crippen LogP contribution in [0.25, 0.3) is 10.5 Å².